The first kappa shape index (κ1) is 90.5. The van der Waals surface area contributed by atoms with E-state index in [-0.39, 0.29) is 27.7 Å². The van der Waals surface area contributed by atoms with Gasteiger partial charge in [0.1, 0.15) is 21.9 Å². The maximum Gasteiger partial charge on any atom is 0.145 e. The van der Waals surface area contributed by atoms with Crippen LogP contribution in [0.2, 0.25) is 0 Å². The van der Waals surface area contributed by atoms with Crippen LogP contribution in [0.25, 0.3) is 77.8 Å². The van der Waals surface area contributed by atoms with E-state index in [4.69, 9.17) is 25.7 Å². The van der Waals surface area contributed by atoms with Gasteiger partial charge in [-0.15, -0.1) is 25.7 Å². The van der Waals surface area contributed by atoms with Crippen molar-refractivity contribution in [1.82, 2.24) is 8.75 Å². The lowest BCUT2D eigenvalue weighted by atomic mass is 9.78. The average molecular weight is 1660 g/mol. The zero-order valence-corrected chi connectivity index (χ0v) is 71.4. The molecule has 13 aromatic carbocycles. The van der Waals surface area contributed by atoms with E-state index in [2.05, 4.69) is 491 Å². The van der Waals surface area contributed by atoms with Crippen LogP contribution in [0, 0.1) is 233 Å². The number of nitrogens with zero attached hydrogens (tertiary/aromatic N) is 4. The van der Waals surface area contributed by atoms with Gasteiger partial charge in [0.2, 0.25) is 0 Å². The number of anilines is 6. The van der Waals surface area contributed by atoms with Crippen LogP contribution in [-0.2, 0) is 16.2 Å². The van der Waals surface area contributed by atoms with Crippen molar-refractivity contribution in [1.29, 1.82) is 0 Å². The Balaban J connectivity index is 0.000000181. The van der Waals surface area contributed by atoms with E-state index in [9.17, 15) is 0 Å². The summed E-state index contributed by atoms with van der Waals surface area (Å²) in [6.45, 7) is 17.2. The quantitative estimate of drug-likeness (QED) is 0.135. The highest BCUT2D eigenvalue weighted by atomic mass is 32.1. The number of hydrogen-bond acceptors (Lipinski definition) is 5. The number of aryl methyl sites for hydroxylation is 6. The van der Waals surface area contributed by atoms with Crippen molar-refractivity contribution in [2.75, 3.05) is 9.80 Å². The molecule has 14 aromatic rings. The second-order valence-corrected chi connectivity index (χ2v) is 31.2. The van der Waals surface area contributed by atoms with Crippen LogP contribution >= 0.6 is 11.7 Å². The topological polar surface area (TPSA) is 32.3 Å². The summed E-state index contributed by atoms with van der Waals surface area (Å²) in [5.41, 5.74) is 34.2. The smallest absolute Gasteiger partial charge is 0.145 e. The van der Waals surface area contributed by atoms with E-state index in [1.54, 1.807) is 0 Å². The van der Waals surface area contributed by atoms with E-state index in [0.717, 1.165) is 123 Å². The molecule has 0 fully saturated rings. The molecular weight excluding hydrogens is 1580 g/mol. The molecule has 0 radical (unpaired) electrons. The molecule has 0 saturated heterocycles. The second kappa shape index (κ2) is 40.9. The maximum atomic E-state index is 5.19. The molecule has 1 aromatic heterocycles. The summed E-state index contributed by atoms with van der Waals surface area (Å²) in [6.07, 6.45) is 20.6. The Morgan fingerprint density at radius 2 is 0.496 bits per heavy atom. The van der Waals surface area contributed by atoms with E-state index in [1.165, 1.54) is 67.4 Å². The number of rotatable bonds is 9. The Morgan fingerprint density at radius 1 is 0.240 bits per heavy atom. The lowest BCUT2D eigenvalue weighted by Crippen LogP contribution is -2.21. The van der Waals surface area contributed by atoms with Gasteiger partial charge >= 0.3 is 0 Å². The predicted molar refractivity (Wildman–Crippen MR) is 543 cm³/mol. The molecule has 4 nitrogen and oxygen atoms in total. The summed E-state index contributed by atoms with van der Waals surface area (Å²) in [7, 11) is 0. The van der Waals surface area contributed by atoms with Gasteiger partial charge in [0.15, 0.2) is 0 Å². The normalized spacial score (nSPS) is 11.1. The summed E-state index contributed by atoms with van der Waals surface area (Å²) in [4.78, 5) is 4.64. The fraction of sp³-hybridized carbons (Fsp3) is 0.113. The molecule has 5 heteroatoms. The standard InChI is InChI=1S/C53H44N2.C37H16N2S.C31H14.3CH4/c1-37-15-25-45(26-16-37)54(43-11-7-5-8-12-43)46-27-18-39(19-28-46)40-20-29-47(30-21-40)55(44-13-9-6-10-14-44)48-31-22-41(23-32-48)42-24-34-50-49-33-17-38(2)35-51(49)53(3,4)52(50)36-42;1-5-7-9-11-13-15-23-37(24-16-14-12-10-8-6-2)33-25-27(3)17-20-31(33)32-22-19-29(26-34(32)37)30-21-18-28(4)35-36(30)39-40-38-35;1-5-7-9-11-13-15-21-31(22-16-14-12-10-8-6-2)29-23-25(3)17-19-27(29)28-20-18-26(4)24-30(28)31;;;/h5-36H,1-4H3;1-2,17-22,25-26H,3-4H3;1-2,17-20,23-24H,3-4H3;3*1H4. The molecule has 608 valence electrons. The second-order valence-electron chi connectivity index (χ2n) is 30.6. The van der Waals surface area contributed by atoms with Crippen LogP contribution in [0.4, 0.5) is 34.1 Å². The molecule has 17 rings (SSSR count). The van der Waals surface area contributed by atoms with Crippen molar-refractivity contribution in [3.05, 3.63) is 346 Å². The minimum absolute atomic E-state index is 0. The number of fused-ring (bicyclic) bond motifs is 10. The van der Waals surface area contributed by atoms with Gasteiger partial charge in [0, 0.05) is 45.1 Å². The molecule has 3 aliphatic rings. The van der Waals surface area contributed by atoms with Crippen LogP contribution in [0.15, 0.2) is 279 Å². The Kier molecular flexibility index (Phi) is 28.7. The van der Waals surface area contributed by atoms with Crippen LogP contribution in [-0.4, -0.2) is 8.75 Å². The Bertz CT molecular complexity index is 7600. The van der Waals surface area contributed by atoms with Crippen LogP contribution < -0.4 is 9.80 Å². The SMILES string of the molecule is C.C.C.C#CC#CC#CC#CC1(C#CC#CC#CC#C)c2cc(C)ccc2-c2ccc(-c3ccc(C)c4nsnc34)cc21.C#CC#CC#CC#CC1(C#CC#CC#CC#C)c2cc(C)ccc2-c2ccc(C)cc21.Cc1ccc(N(c2ccccc2)c2ccc(-c3ccc(N(c4ccccc4)c4ccc(-c5ccc6c(c5)C(C)(C)c5cc(C)ccc5-6)cc4)cc3)cc2)cc1. The highest BCUT2D eigenvalue weighted by molar-refractivity contribution is 7.00. The maximum absolute atomic E-state index is 5.19. The molecule has 3 aliphatic carbocycles. The Hall–Kier alpha value is -17.8. The minimum atomic E-state index is -1.00. The molecule has 0 unspecified atom stereocenters. The van der Waals surface area contributed by atoms with Crippen molar-refractivity contribution in [3.63, 3.8) is 0 Å². The number of aromatic nitrogens is 2. The molecule has 0 bridgehead atoms. The third-order valence-corrected chi connectivity index (χ3v) is 22.7. The van der Waals surface area contributed by atoms with Crippen LogP contribution in [0.5, 0.6) is 0 Å². The molecule has 0 saturated carbocycles. The number of benzene rings is 13. The lowest BCUT2D eigenvalue weighted by Gasteiger charge is -2.26. The summed E-state index contributed by atoms with van der Waals surface area (Å²) in [5.74, 6) is 75.9. The van der Waals surface area contributed by atoms with Crippen molar-refractivity contribution < 1.29 is 0 Å². The van der Waals surface area contributed by atoms with Crippen molar-refractivity contribution in [2.45, 2.75) is 93.9 Å². The molecule has 0 spiro atoms. The van der Waals surface area contributed by atoms with Gasteiger partial charge in [0.05, 0.1) is 11.7 Å². The van der Waals surface area contributed by atoms with Gasteiger partial charge in [-0.3, -0.25) is 0 Å². The molecule has 1 heterocycles. The van der Waals surface area contributed by atoms with E-state index < -0.39 is 10.8 Å². The predicted octanol–water partition coefficient (Wildman–Crippen LogP) is 26.2. The van der Waals surface area contributed by atoms with Crippen molar-refractivity contribution in [2.24, 2.45) is 0 Å². The van der Waals surface area contributed by atoms with E-state index in [0.29, 0.717) is 0 Å². The summed E-state index contributed by atoms with van der Waals surface area (Å²) in [5, 5.41) is 0. The van der Waals surface area contributed by atoms with Crippen molar-refractivity contribution in [3.8, 4) is 258 Å². The fourth-order valence-corrected chi connectivity index (χ4v) is 16.8. The highest BCUT2D eigenvalue weighted by Gasteiger charge is 2.44. The molecule has 0 aliphatic heterocycles. The Morgan fingerprint density at radius 3 is 0.868 bits per heavy atom. The fourth-order valence-electron chi connectivity index (χ4n) is 16.2. The molecular formula is C124H86N4S. The van der Waals surface area contributed by atoms with Gasteiger partial charge in [-0.2, -0.15) is 8.75 Å². The van der Waals surface area contributed by atoms with Gasteiger partial charge in [0.25, 0.3) is 0 Å². The average Bonchev–Trinajstić information content (AvgIpc) is 1.56. The number of para-hydroxylation sites is 2. The van der Waals surface area contributed by atoms with Crippen LogP contribution in [0.3, 0.4) is 0 Å². The molecule has 0 amide bonds. The summed E-state index contributed by atoms with van der Waals surface area (Å²) < 4.78 is 9.09. The van der Waals surface area contributed by atoms with Crippen LogP contribution in [0.1, 0.15) is 103 Å². The zero-order valence-electron chi connectivity index (χ0n) is 70.6. The highest BCUT2D eigenvalue weighted by Crippen LogP contribution is 2.54. The zero-order chi connectivity index (χ0) is 87.6. The summed E-state index contributed by atoms with van der Waals surface area (Å²) in [6, 6.07) is 100. The lowest BCUT2D eigenvalue weighted by molar-refractivity contribution is 0.660. The third kappa shape index (κ3) is 19.2. The number of terminal acetylenes is 4. The molecule has 0 atom stereocenters. The van der Waals surface area contributed by atoms with Gasteiger partial charge in [-0.05, 0) is 369 Å². The minimum Gasteiger partial charge on any atom is -0.311 e. The van der Waals surface area contributed by atoms with E-state index >= 15 is 0 Å². The summed E-state index contributed by atoms with van der Waals surface area (Å²) >= 11 is 1.21. The van der Waals surface area contributed by atoms with Gasteiger partial charge < -0.3 is 9.80 Å². The molecule has 129 heavy (non-hydrogen) atoms. The first-order valence-electron chi connectivity index (χ1n) is 40.5. The van der Waals surface area contributed by atoms with E-state index in [1.807, 2.05) is 27.7 Å². The van der Waals surface area contributed by atoms with Gasteiger partial charge in [-0.25, -0.2) is 0 Å². The number of hydrogen-bond donors (Lipinski definition) is 0. The van der Waals surface area contributed by atoms with Gasteiger partial charge in [-0.1, -0.05) is 282 Å². The third-order valence-electron chi connectivity index (χ3n) is 22.2. The first-order chi connectivity index (χ1) is 61.5. The molecule has 0 N–H and O–H groups in total. The van der Waals surface area contributed by atoms with Crippen molar-refractivity contribution >= 4 is 56.9 Å². The Labute approximate surface area is 767 Å². The largest absolute Gasteiger partial charge is 0.311 e. The monoisotopic (exact) mass is 1660 g/mol. The first-order valence-corrected chi connectivity index (χ1v) is 41.2.